The first kappa shape index (κ1) is 14.3. The molecule has 2 N–H and O–H groups in total. The summed E-state index contributed by atoms with van der Waals surface area (Å²) in [5, 5.41) is 3.29. The standard InChI is InChI=1S/C14H22N2O2S/c1-11(2)9-10-15-12-5-7-14(8-6-12)19(17,18)16-13-3-4-13/h5-8,11,13,15-16H,3-4,9-10H2,1-2H3. The van der Waals surface area contributed by atoms with Crippen molar-refractivity contribution in [2.24, 2.45) is 5.92 Å². The van der Waals surface area contributed by atoms with Gasteiger partial charge in [-0.15, -0.1) is 0 Å². The van der Waals surface area contributed by atoms with Crippen molar-refractivity contribution in [2.45, 2.75) is 44.0 Å². The summed E-state index contributed by atoms with van der Waals surface area (Å²) in [6, 6.07) is 7.10. The van der Waals surface area contributed by atoms with E-state index in [0.29, 0.717) is 10.8 Å². The van der Waals surface area contributed by atoms with Gasteiger partial charge in [-0.3, -0.25) is 0 Å². The van der Waals surface area contributed by atoms with E-state index >= 15 is 0 Å². The summed E-state index contributed by atoms with van der Waals surface area (Å²) in [7, 11) is -3.33. The third-order valence-corrected chi connectivity index (χ3v) is 4.65. The maximum Gasteiger partial charge on any atom is 0.240 e. The maximum atomic E-state index is 12.0. The Bertz CT molecular complexity index is 505. The fourth-order valence-corrected chi connectivity index (χ4v) is 3.05. The lowest BCUT2D eigenvalue weighted by Crippen LogP contribution is -2.25. The fourth-order valence-electron chi connectivity index (χ4n) is 1.75. The zero-order chi connectivity index (χ0) is 13.9. The molecule has 1 aromatic rings. The summed E-state index contributed by atoms with van der Waals surface area (Å²) >= 11 is 0. The van der Waals surface area contributed by atoms with E-state index in [9.17, 15) is 8.42 Å². The van der Waals surface area contributed by atoms with Crippen molar-refractivity contribution in [3.05, 3.63) is 24.3 Å². The van der Waals surface area contributed by atoms with Crippen LogP contribution in [0.15, 0.2) is 29.2 Å². The van der Waals surface area contributed by atoms with Crippen molar-refractivity contribution in [1.29, 1.82) is 0 Å². The van der Waals surface area contributed by atoms with Gasteiger partial charge in [-0.05, 0) is 49.4 Å². The lowest BCUT2D eigenvalue weighted by molar-refractivity contribution is 0.581. The predicted molar refractivity (Wildman–Crippen MR) is 77.7 cm³/mol. The molecule has 19 heavy (non-hydrogen) atoms. The van der Waals surface area contributed by atoms with Crippen LogP contribution in [0.25, 0.3) is 0 Å². The average molecular weight is 282 g/mol. The molecule has 0 bridgehead atoms. The number of sulfonamides is 1. The minimum atomic E-state index is -3.33. The molecule has 1 fully saturated rings. The number of nitrogens with one attached hydrogen (secondary N) is 2. The topological polar surface area (TPSA) is 58.2 Å². The smallest absolute Gasteiger partial charge is 0.240 e. The van der Waals surface area contributed by atoms with Crippen LogP contribution < -0.4 is 10.0 Å². The first-order chi connectivity index (χ1) is 8.97. The van der Waals surface area contributed by atoms with E-state index in [1.165, 1.54) is 0 Å². The molecule has 0 heterocycles. The summed E-state index contributed by atoms with van der Waals surface area (Å²) in [5.41, 5.74) is 0.964. The van der Waals surface area contributed by atoms with E-state index in [-0.39, 0.29) is 6.04 Å². The van der Waals surface area contributed by atoms with Gasteiger partial charge in [0.05, 0.1) is 4.90 Å². The van der Waals surface area contributed by atoms with Crippen LogP contribution in [0.4, 0.5) is 5.69 Å². The first-order valence-electron chi connectivity index (χ1n) is 6.83. The Morgan fingerprint density at radius 2 is 1.84 bits per heavy atom. The molecule has 106 valence electrons. The Morgan fingerprint density at radius 1 is 1.21 bits per heavy atom. The second kappa shape index (κ2) is 5.92. The number of anilines is 1. The molecule has 0 aromatic heterocycles. The Labute approximate surface area is 115 Å². The van der Waals surface area contributed by atoms with Gasteiger partial charge in [-0.2, -0.15) is 0 Å². The van der Waals surface area contributed by atoms with Crippen LogP contribution in [0.1, 0.15) is 33.1 Å². The highest BCUT2D eigenvalue weighted by Gasteiger charge is 2.27. The Balaban J connectivity index is 1.93. The van der Waals surface area contributed by atoms with E-state index in [0.717, 1.165) is 31.5 Å². The van der Waals surface area contributed by atoms with E-state index in [2.05, 4.69) is 23.9 Å². The molecule has 5 heteroatoms. The summed E-state index contributed by atoms with van der Waals surface area (Å²) in [5.74, 6) is 0.662. The van der Waals surface area contributed by atoms with Crippen molar-refractivity contribution < 1.29 is 8.42 Å². The van der Waals surface area contributed by atoms with Gasteiger partial charge in [0.15, 0.2) is 0 Å². The highest BCUT2D eigenvalue weighted by molar-refractivity contribution is 7.89. The van der Waals surface area contributed by atoms with Gasteiger partial charge in [0.1, 0.15) is 0 Å². The molecule has 0 unspecified atom stereocenters. The first-order valence-corrected chi connectivity index (χ1v) is 8.32. The number of rotatable bonds is 7. The minimum absolute atomic E-state index is 0.147. The predicted octanol–water partition coefficient (Wildman–Crippen LogP) is 2.59. The second-order valence-electron chi connectivity index (χ2n) is 5.53. The molecule has 2 rings (SSSR count). The van der Waals surface area contributed by atoms with Crippen LogP contribution in [0.2, 0.25) is 0 Å². The highest BCUT2D eigenvalue weighted by Crippen LogP contribution is 2.22. The van der Waals surface area contributed by atoms with E-state index in [1.54, 1.807) is 12.1 Å². The van der Waals surface area contributed by atoms with E-state index in [1.807, 2.05) is 12.1 Å². The monoisotopic (exact) mass is 282 g/mol. The zero-order valence-corrected chi connectivity index (χ0v) is 12.3. The third kappa shape index (κ3) is 4.51. The van der Waals surface area contributed by atoms with Crippen molar-refractivity contribution in [3.63, 3.8) is 0 Å². The molecule has 1 aliphatic rings. The largest absolute Gasteiger partial charge is 0.385 e. The van der Waals surface area contributed by atoms with Crippen molar-refractivity contribution in [1.82, 2.24) is 4.72 Å². The zero-order valence-electron chi connectivity index (χ0n) is 11.5. The number of benzene rings is 1. The van der Waals surface area contributed by atoms with Gasteiger partial charge >= 0.3 is 0 Å². The van der Waals surface area contributed by atoms with Crippen LogP contribution in [-0.4, -0.2) is 21.0 Å². The van der Waals surface area contributed by atoms with Gasteiger partial charge in [0.25, 0.3) is 0 Å². The summed E-state index contributed by atoms with van der Waals surface area (Å²) in [4.78, 5) is 0.341. The Morgan fingerprint density at radius 3 is 2.37 bits per heavy atom. The molecule has 0 saturated heterocycles. The molecule has 0 radical (unpaired) electrons. The molecule has 4 nitrogen and oxygen atoms in total. The quantitative estimate of drug-likeness (QED) is 0.808. The van der Waals surface area contributed by atoms with Crippen molar-refractivity contribution in [2.75, 3.05) is 11.9 Å². The lowest BCUT2D eigenvalue weighted by atomic mass is 10.1. The van der Waals surface area contributed by atoms with Gasteiger partial charge < -0.3 is 5.32 Å². The van der Waals surface area contributed by atoms with Crippen molar-refractivity contribution in [3.8, 4) is 0 Å². The summed E-state index contributed by atoms with van der Waals surface area (Å²) < 4.78 is 26.6. The van der Waals surface area contributed by atoms with Crippen LogP contribution in [0.3, 0.4) is 0 Å². The fraction of sp³-hybridized carbons (Fsp3) is 0.571. The average Bonchev–Trinajstić information content (AvgIpc) is 3.12. The third-order valence-electron chi connectivity index (χ3n) is 3.11. The second-order valence-corrected chi connectivity index (χ2v) is 7.24. The van der Waals surface area contributed by atoms with Gasteiger partial charge in [0, 0.05) is 18.3 Å². The Hall–Kier alpha value is -1.07. The van der Waals surface area contributed by atoms with Crippen molar-refractivity contribution >= 4 is 15.7 Å². The summed E-state index contributed by atoms with van der Waals surface area (Å²) in [6.45, 7) is 5.27. The normalized spacial score (nSPS) is 15.7. The van der Waals surface area contributed by atoms with Crippen LogP contribution >= 0.6 is 0 Å². The number of hydrogen-bond acceptors (Lipinski definition) is 3. The Kier molecular flexibility index (Phi) is 4.47. The molecular weight excluding hydrogens is 260 g/mol. The van der Waals surface area contributed by atoms with Gasteiger partial charge in [-0.25, -0.2) is 13.1 Å². The molecule has 0 spiro atoms. The van der Waals surface area contributed by atoms with E-state index < -0.39 is 10.0 Å². The molecule has 0 aliphatic heterocycles. The number of hydrogen-bond donors (Lipinski definition) is 2. The molecule has 1 aromatic carbocycles. The van der Waals surface area contributed by atoms with Gasteiger partial charge in [0.2, 0.25) is 10.0 Å². The maximum absolute atomic E-state index is 12.0. The lowest BCUT2D eigenvalue weighted by Gasteiger charge is -2.09. The SMILES string of the molecule is CC(C)CCNc1ccc(S(=O)(=O)NC2CC2)cc1. The summed E-state index contributed by atoms with van der Waals surface area (Å²) in [6.07, 6.45) is 3.01. The highest BCUT2D eigenvalue weighted by atomic mass is 32.2. The van der Waals surface area contributed by atoms with Crippen LogP contribution in [0, 0.1) is 5.92 Å². The minimum Gasteiger partial charge on any atom is -0.385 e. The molecule has 0 atom stereocenters. The molecular formula is C14H22N2O2S. The van der Waals surface area contributed by atoms with E-state index in [4.69, 9.17) is 0 Å². The molecule has 0 amide bonds. The van der Waals surface area contributed by atoms with Crippen LogP contribution in [-0.2, 0) is 10.0 Å². The van der Waals surface area contributed by atoms with Gasteiger partial charge in [-0.1, -0.05) is 13.8 Å². The van der Waals surface area contributed by atoms with Crippen LogP contribution in [0.5, 0.6) is 0 Å². The molecule has 1 aliphatic carbocycles. The molecule has 1 saturated carbocycles.